The van der Waals surface area contributed by atoms with Crippen molar-refractivity contribution in [3.05, 3.63) is 38.9 Å². The summed E-state index contributed by atoms with van der Waals surface area (Å²) in [6.45, 7) is 1.90. The second kappa shape index (κ2) is 5.79. The van der Waals surface area contributed by atoms with Crippen molar-refractivity contribution >= 4 is 37.5 Å². The molecule has 2 aromatic rings. The Morgan fingerprint density at radius 2 is 2.00 bits per heavy atom. The van der Waals surface area contributed by atoms with Crippen LogP contribution < -0.4 is 15.2 Å². The van der Waals surface area contributed by atoms with Gasteiger partial charge in [0.2, 0.25) is 5.88 Å². The fourth-order valence-electron chi connectivity index (χ4n) is 1.44. The summed E-state index contributed by atoms with van der Waals surface area (Å²) in [5, 5.41) is 0. The van der Waals surface area contributed by atoms with Crippen molar-refractivity contribution in [1.29, 1.82) is 0 Å². The summed E-state index contributed by atoms with van der Waals surface area (Å²) in [6, 6.07) is 5.45. The first-order valence-corrected chi connectivity index (χ1v) is 7.03. The van der Waals surface area contributed by atoms with Gasteiger partial charge < -0.3 is 15.2 Å². The van der Waals surface area contributed by atoms with E-state index in [4.69, 9.17) is 15.2 Å². The fraction of sp³-hybridized carbons (Fsp3) is 0.154. The molecular weight excluding hydrogens is 376 g/mol. The van der Waals surface area contributed by atoms with Crippen LogP contribution in [0.4, 0.5) is 5.69 Å². The Balaban J connectivity index is 2.34. The lowest BCUT2D eigenvalue weighted by Gasteiger charge is -2.11. The molecule has 0 amide bonds. The third kappa shape index (κ3) is 3.01. The lowest BCUT2D eigenvalue weighted by molar-refractivity contribution is 0.411. The van der Waals surface area contributed by atoms with E-state index in [2.05, 4.69) is 36.8 Å². The Morgan fingerprint density at radius 1 is 1.26 bits per heavy atom. The van der Waals surface area contributed by atoms with Gasteiger partial charge in [0.15, 0.2) is 0 Å². The van der Waals surface area contributed by atoms with Gasteiger partial charge in [-0.05, 0) is 62.5 Å². The summed E-state index contributed by atoms with van der Waals surface area (Å²) in [7, 11) is 1.61. The number of nitrogen functional groups attached to an aromatic ring is 1. The molecule has 0 saturated heterocycles. The van der Waals surface area contributed by atoms with Crippen LogP contribution in [0, 0.1) is 6.92 Å². The van der Waals surface area contributed by atoms with E-state index in [9.17, 15) is 0 Å². The van der Waals surface area contributed by atoms with Gasteiger partial charge in [0, 0.05) is 0 Å². The van der Waals surface area contributed by atoms with Crippen LogP contribution in [0.3, 0.4) is 0 Å². The van der Waals surface area contributed by atoms with Crippen LogP contribution in [-0.2, 0) is 0 Å². The molecule has 2 rings (SSSR count). The monoisotopic (exact) mass is 386 g/mol. The molecule has 0 atom stereocenters. The molecule has 1 heterocycles. The molecule has 1 aromatic heterocycles. The number of methoxy groups -OCH3 is 1. The molecule has 100 valence electrons. The highest BCUT2D eigenvalue weighted by Gasteiger charge is 2.11. The van der Waals surface area contributed by atoms with Gasteiger partial charge in [-0.15, -0.1) is 0 Å². The summed E-state index contributed by atoms with van der Waals surface area (Å²) in [5.74, 6) is 1.87. The Labute approximate surface area is 128 Å². The SMILES string of the molecule is COc1ccc(Oc2ncc(N)c(C)c2Br)c(Br)c1. The van der Waals surface area contributed by atoms with Crippen LogP contribution in [0.25, 0.3) is 0 Å². The molecular formula is C13H12Br2N2O2. The predicted molar refractivity (Wildman–Crippen MR) is 81.9 cm³/mol. The first-order chi connectivity index (χ1) is 9.02. The second-order valence-corrected chi connectivity index (χ2v) is 5.50. The number of benzene rings is 1. The van der Waals surface area contributed by atoms with Crippen LogP contribution in [0.5, 0.6) is 17.4 Å². The van der Waals surface area contributed by atoms with Gasteiger partial charge in [-0.1, -0.05) is 0 Å². The van der Waals surface area contributed by atoms with E-state index in [1.165, 1.54) is 0 Å². The Bertz CT molecular complexity index is 618. The zero-order valence-corrected chi connectivity index (χ0v) is 13.6. The maximum atomic E-state index is 5.78. The van der Waals surface area contributed by atoms with Gasteiger partial charge in [-0.25, -0.2) is 4.98 Å². The number of halogens is 2. The normalized spacial score (nSPS) is 10.3. The van der Waals surface area contributed by atoms with Crippen LogP contribution in [0.15, 0.2) is 33.3 Å². The lowest BCUT2D eigenvalue weighted by atomic mass is 10.2. The zero-order valence-electron chi connectivity index (χ0n) is 10.4. The first-order valence-electron chi connectivity index (χ1n) is 5.45. The minimum Gasteiger partial charge on any atom is -0.497 e. The lowest BCUT2D eigenvalue weighted by Crippen LogP contribution is -1.97. The Morgan fingerprint density at radius 3 is 2.63 bits per heavy atom. The van der Waals surface area contributed by atoms with Crippen molar-refractivity contribution < 1.29 is 9.47 Å². The van der Waals surface area contributed by atoms with E-state index >= 15 is 0 Å². The summed E-state index contributed by atoms with van der Waals surface area (Å²) < 4.78 is 12.4. The Kier molecular flexibility index (Phi) is 4.31. The standard InChI is InChI=1S/C13H12Br2N2O2/c1-7-10(16)6-17-13(12(7)15)19-11-4-3-8(18-2)5-9(11)14/h3-6H,16H2,1-2H3. The average molecular weight is 388 g/mol. The molecule has 2 N–H and O–H groups in total. The van der Waals surface area contributed by atoms with E-state index in [1.54, 1.807) is 13.3 Å². The Hall–Kier alpha value is -1.27. The van der Waals surface area contributed by atoms with Crippen molar-refractivity contribution in [1.82, 2.24) is 4.98 Å². The molecule has 0 fully saturated rings. The maximum absolute atomic E-state index is 5.78. The van der Waals surface area contributed by atoms with Gasteiger partial charge in [0.25, 0.3) is 0 Å². The second-order valence-electron chi connectivity index (χ2n) is 3.86. The van der Waals surface area contributed by atoms with Crippen molar-refractivity contribution in [3.8, 4) is 17.4 Å². The predicted octanol–water partition coefficient (Wildman–Crippen LogP) is 4.30. The van der Waals surface area contributed by atoms with Gasteiger partial charge in [-0.2, -0.15) is 0 Å². The highest BCUT2D eigenvalue weighted by atomic mass is 79.9. The zero-order chi connectivity index (χ0) is 14.0. The number of pyridine rings is 1. The largest absolute Gasteiger partial charge is 0.497 e. The van der Waals surface area contributed by atoms with Crippen LogP contribution in [0.2, 0.25) is 0 Å². The number of hydrogen-bond acceptors (Lipinski definition) is 4. The number of nitrogens with two attached hydrogens (primary N) is 1. The van der Waals surface area contributed by atoms with Gasteiger partial charge in [-0.3, -0.25) is 0 Å². The third-order valence-corrected chi connectivity index (χ3v) is 4.17. The molecule has 6 heteroatoms. The van der Waals surface area contributed by atoms with Crippen molar-refractivity contribution in [3.63, 3.8) is 0 Å². The number of nitrogens with zero attached hydrogens (tertiary/aromatic N) is 1. The molecule has 0 spiro atoms. The summed E-state index contributed by atoms with van der Waals surface area (Å²) >= 11 is 6.86. The highest BCUT2D eigenvalue weighted by molar-refractivity contribution is 9.11. The van der Waals surface area contributed by atoms with Crippen LogP contribution in [0.1, 0.15) is 5.56 Å². The molecule has 0 aliphatic rings. The first kappa shape index (κ1) is 14.1. The van der Waals surface area contributed by atoms with E-state index in [0.717, 1.165) is 20.3 Å². The fourth-order valence-corrected chi connectivity index (χ4v) is 2.29. The highest BCUT2D eigenvalue weighted by Crippen LogP contribution is 2.36. The van der Waals surface area contributed by atoms with Crippen molar-refractivity contribution in [2.75, 3.05) is 12.8 Å². The van der Waals surface area contributed by atoms with Crippen LogP contribution in [-0.4, -0.2) is 12.1 Å². The molecule has 0 aliphatic heterocycles. The van der Waals surface area contributed by atoms with E-state index in [0.29, 0.717) is 17.3 Å². The van der Waals surface area contributed by atoms with Gasteiger partial charge in [0.05, 0.1) is 27.9 Å². The van der Waals surface area contributed by atoms with Gasteiger partial charge in [0.1, 0.15) is 11.5 Å². The van der Waals surface area contributed by atoms with E-state index < -0.39 is 0 Å². The minimum absolute atomic E-state index is 0.470. The quantitative estimate of drug-likeness (QED) is 0.852. The smallest absolute Gasteiger partial charge is 0.234 e. The molecule has 0 radical (unpaired) electrons. The summed E-state index contributed by atoms with van der Waals surface area (Å²) in [6.07, 6.45) is 1.58. The molecule has 1 aromatic carbocycles. The number of ether oxygens (including phenoxy) is 2. The summed E-state index contributed by atoms with van der Waals surface area (Å²) in [5.41, 5.74) is 7.29. The molecule has 4 nitrogen and oxygen atoms in total. The molecule has 0 saturated carbocycles. The number of rotatable bonds is 3. The molecule has 0 unspecified atom stereocenters. The molecule has 0 aliphatic carbocycles. The van der Waals surface area contributed by atoms with Crippen LogP contribution >= 0.6 is 31.9 Å². The summed E-state index contributed by atoms with van der Waals surface area (Å²) in [4.78, 5) is 4.17. The van der Waals surface area contributed by atoms with E-state index in [1.807, 2.05) is 25.1 Å². The number of aromatic nitrogens is 1. The third-order valence-electron chi connectivity index (χ3n) is 2.62. The topological polar surface area (TPSA) is 57.4 Å². The average Bonchev–Trinajstić information content (AvgIpc) is 2.41. The number of hydrogen-bond donors (Lipinski definition) is 1. The molecule has 0 bridgehead atoms. The van der Waals surface area contributed by atoms with E-state index in [-0.39, 0.29) is 0 Å². The maximum Gasteiger partial charge on any atom is 0.234 e. The number of anilines is 1. The van der Waals surface area contributed by atoms with Crippen molar-refractivity contribution in [2.45, 2.75) is 6.92 Å². The molecule has 19 heavy (non-hydrogen) atoms. The minimum atomic E-state index is 0.470. The van der Waals surface area contributed by atoms with Gasteiger partial charge >= 0.3 is 0 Å². The van der Waals surface area contributed by atoms with Crippen molar-refractivity contribution in [2.24, 2.45) is 0 Å².